The molecular weight excluding hydrogens is 1150 g/mol. The molecule has 3 saturated heterocycles. The van der Waals surface area contributed by atoms with Gasteiger partial charge in [0.1, 0.15) is 11.2 Å². The molecule has 0 spiro atoms. The molecule has 3 aliphatic heterocycles. The van der Waals surface area contributed by atoms with Gasteiger partial charge in [-0.3, -0.25) is 18.2 Å². The summed E-state index contributed by atoms with van der Waals surface area (Å²) in [6.45, 7) is 27.6. The van der Waals surface area contributed by atoms with Crippen molar-refractivity contribution in [3.8, 4) is 21.3 Å². The summed E-state index contributed by atoms with van der Waals surface area (Å²) < 4.78 is 100.0. The van der Waals surface area contributed by atoms with Crippen LogP contribution in [0.1, 0.15) is 114 Å². The number of carbonyl (C=O) groups is 2. The van der Waals surface area contributed by atoms with Gasteiger partial charge >= 0.3 is 21.1 Å². The van der Waals surface area contributed by atoms with Crippen LogP contribution in [0.15, 0.2) is 50.0 Å². The predicted octanol–water partition coefficient (Wildman–Crippen LogP) is 8.55. The Morgan fingerprint density at radius 1 is 0.564 bits per heavy atom. The molecule has 0 saturated carbocycles. The molecular formula is C50H68B3BrN6O14S4. The van der Waals surface area contributed by atoms with Gasteiger partial charge in [-0.15, -0.1) is 22.7 Å². The van der Waals surface area contributed by atoms with E-state index in [1.165, 1.54) is 36.8 Å². The van der Waals surface area contributed by atoms with Crippen molar-refractivity contribution in [2.45, 2.75) is 131 Å². The maximum atomic E-state index is 13.0. The number of halogens is 1. The Bertz CT molecular complexity index is 3460. The Balaban J connectivity index is 0.000000178. The van der Waals surface area contributed by atoms with E-state index < -0.39 is 52.4 Å². The number of nitrogens with zero attached hydrogens (tertiary/aromatic N) is 4. The highest BCUT2D eigenvalue weighted by atomic mass is 79.9. The molecule has 4 aromatic heterocycles. The largest absolute Gasteiger partial charge is 0.497 e. The Morgan fingerprint density at radius 2 is 0.897 bits per heavy atom. The summed E-state index contributed by atoms with van der Waals surface area (Å²) in [5.74, 6) is 0.166. The van der Waals surface area contributed by atoms with E-state index in [4.69, 9.17) is 36.8 Å². The van der Waals surface area contributed by atoms with Crippen molar-refractivity contribution in [2.75, 3.05) is 49.3 Å². The van der Waals surface area contributed by atoms with Gasteiger partial charge in [0.05, 0.1) is 88.4 Å². The maximum Gasteiger partial charge on any atom is 0.497 e. The number of aryl methyl sites for hydroxylation is 2. The number of hydrogen-bond donors (Lipinski definition) is 2. The number of sulfonamides is 2. The van der Waals surface area contributed by atoms with Gasteiger partial charge in [0, 0.05) is 73.4 Å². The average Bonchev–Trinajstić information content (AvgIpc) is 4.19. The van der Waals surface area contributed by atoms with Gasteiger partial charge in [-0.05, 0) is 125 Å². The van der Waals surface area contributed by atoms with Crippen molar-refractivity contribution < 1.29 is 63.2 Å². The second-order valence-corrected chi connectivity index (χ2v) is 29.6. The van der Waals surface area contributed by atoms with E-state index in [-0.39, 0.29) is 34.2 Å². The normalized spacial score (nSPS) is 18.9. The van der Waals surface area contributed by atoms with E-state index in [0.29, 0.717) is 70.8 Å². The summed E-state index contributed by atoms with van der Waals surface area (Å²) in [5.41, 5.74) is 0.0405. The van der Waals surface area contributed by atoms with Crippen molar-refractivity contribution in [1.82, 2.24) is 20.6 Å². The summed E-state index contributed by atoms with van der Waals surface area (Å²) in [6.07, 6.45) is 5.55. The molecule has 2 aromatic carbocycles. The summed E-state index contributed by atoms with van der Waals surface area (Å²) in [5, 5.41) is 8.08. The number of nitrogens with one attached hydrogen (secondary N) is 2. The lowest BCUT2D eigenvalue weighted by Gasteiger charge is -2.32. The minimum atomic E-state index is -3.61. The first-order valence-corrected chi connectivity index (χ1v) is 30.9. The molecule has 9 rings (SSSR count). The van der Waals surface area contributed by atoms with Crippen LogP contribution in [-0.2, 0) is 48.0 Å². The number of amides is 2. The summed E-state index contributed by atoms with van der Waals surface area (Å²) in [6, 6.07) is 6.63. The highest BCUT2D eigenvalue weighted by molar-refractivity contribution is 9.10. The summed E-state index contributed by atoms with van der Waals surface area (Å²) in [4.78, 5) is 35.3. The van der Waals surface area contributed by atoms with Crippen LogP contribution < -0.4 is 24.7 Å². The number of rotatable bonds is 10. The van der Waals surface area contributed by atoms with E-state index >= 15 is 0 Å². The molecule has 0 unspecified atom stereocenters. The molecule has 2 N–H and O–H groups in total. The van der Waals surface area contributed by atoms with Crippen LogP contribution in [0, 0.1) is 13.8 Å². The fraction of sp³-hybridized carbons (Fsp3) is 0.520. The van der Waals surface area contributed by atoms with Crippen molar-refractivity contribution >= 4 is 130 Å². The van der Waals surface area contributed by atoms with E-state index in [9.17, 15) is 26.4 Å². The molecule has 6 aromatic rings. The molecule has 20 nitrogen and oxygen atoms in total. The molecule has 3 fully saturated rings. The third kappa shape index (κ3) is 11.7. The van der Waals surface area contributed by atoms with Crippen molar-refractivity contribution in [2.24, 2.45) is 0 Å². The van der Waals surface area contributed by atoms with E-state index in [1.54, 1.807) is 50.8 Å². The number of anilines is 2. The van der Waals surface area contributed by atoms with E-state index in [2.05, 4.69) is 36.5 Å². The zero-order valence-electron chi connectivity index (χ0n) is 47.7. The first kappa shape index (κ1) is 61.3. The number of fused-ring (bicyclic) bond motifs is 2. The van der Waals surface area contributed by atoms with Crippen LogP contribution in [0.4, 0.5) is 11.4 Å². The van der Waals surface area contributed by atoms with Crippen molar-refractivity contribution in [1.29, 1.82) is 0 Å². The van der Waals surface area contributed by atoms with Crippen molar-refractivity contribution in [3.63, 3.8) is 0 Å². The lowest BCUT2D eigenvalue weighted by Crippen LogP contribution is -2.41. The molecule has 422 valence electrons. The quantitative estimate of drug-likeness (QED) is 0.122. The number of benzene rings is 2. The van der Waals surface area contributed by atoms with Crippen LogP contribution in [0.2, 0.25) is 0 Å². The fourth-order valence-corrected chi connectivity index (χ4v) is 11.5. The van der Waals surface area contributed by atoms with Gasteiger partial charge in [0.15, 0.2) is 11.5 Å². The van der Waals surface area contributed by atoms with Crippen LogP contribution in [-0.4, -0.2) is 134 Å². The standard InChI is InChI=1S/C22H28BN3O6S2.C16H16BrN3O4S2.C12H24B2O4/c1-12-25-11-17(33-12)19-18(20(27)24-6)13-9-14(23-31-21(2,3)22(4,5)32-23)15(10-16(13)30-19)26(7)34(8,28)29;1-8-19-7-13(25-8)15-14(16(21)18-2)9-5-10(17)11(6-12(9)24-15)20(3)26(4,22)23;1-9(2)10(3,4)16-13(15-9)14-17-11(5,6)12(7,8)18-14/h9-11H,1-8H3,(H,24,27);5-7H,1-4H3,(H,18,21);1-8H3. The first-order chi connectivity index (χ1) is 35.7. The van der Waals surface area contributed by atoms with Crippen molar-refractivity contribution in [3.05, 3.63) is 62.3 Å². The molecule has 0 bridgehead atoms. The van der Waals surface area contributed by atoms with E-state index in [0.717, 1.165) is 36.0 Å². The monoisotopic (exact) mass is 1220 g/mol. The second kappa shape index (κ2) is 21.2. The molecule has 28 heteroatoms. The Labute approximate surface area is 474 Å². The Morgan fingerprint density at radius 3 is 1.23 bits per heavy atom. The maximum absolute atomic E-state index is 13.0. The predicted molar refractivity (Wildman–Crippen MR) is 313 cm³/mol. The van der Waals surface area contributed by atoms with Crippen LogP contribution in [0.25, 0.3) is 43.2 Å². The van der Waals surface area contributed by atoms with Gasteiger partial charge in [0.25, 0.3) is 11.8 Å². The zero-order chi connectivity index (χ0) is 58.4. The Hall–Kier alpha value is -4.35. The number of aromatic nitrogens is 2. The minimum Gasteiger partial charge on any atom is -0.454 e. The highest BCUT2D eigenvalue weighted by Gasteiger charge is 2.64. The van der Waals surface area contributed by atoms with Crippen LogP contribution >= 0.6 is 38.6 Å². The summed E-state index contributed by atoms with van der Waals surface area (Å²) in [7, 11) is -2.86. The third-order valence-corrected chi connectivity index (χ3v) is 20.0. The SMILES string of the molecule is CC1(C)OB(B2OC(C)(C)C(C)(C)O2)OC1(C)C.CNC(=O)c1c(-c2cnc(C)s2)oc2cc(N(C)S(C)(=O)=O)c(B3OC(C)(C)C(C)(C)O3)cc12.CNC(=O)c1c(-c2cnc(C)s2)oc2cc(N(C)S(C)(=O)=O)c(Br)cc12. The molecule has 3 aliphatic rings. The van der Waals surface area contributed by atoms with Gasteiger partial charge in [0.2, 0.25) is 20.0 Å². The zero-order valence-corrected chi connectivity index (χ0v) is 52.6. The number of carbonyl (C=O) groups excluding carboxylic acids is 2. The molecule has 0 radical (unpaired) electrons. The lowest BCUT2D eigenvalue weighted by atomic mass is 9.49. The smallest absolute Gasteiger partial charge is 0.454 e. The fourth-order valence-electron chi connectivity index (χ4n) is 8.26. The molecule has 0 atom stereocenters. The van der Waals surface area contributed by atoms with Gasteiger partial charge in [-0.2, -0.15) is 0 Å². The minimum absolute atomic E-state index is 0.291. The van der Waals surface area contributed by atoms with E-state index in [1.807, 2.05) is 96.9 Å². The lowest BCUT2D eigenvalue weighted by molar-refractivity contribution is 0.00578. The molecule has 2 amide bonds. The Kier molecular flexibility index (Phi) is 16.7. The summed E-state index contributed by atoms with van der Waals surface area (Å²) >= 11 is 6.21. The molecule has 78 heavy (non-hydrogen) atoms. The topological polar surface area (TPSA) is 240 Å². The van der Waals surface area contributed by atoms with Crippen LogP contribution in [0.5, 0.6) is 0 Å². The number of thiazole rings is 2. The van der Waals surface area contributed by atoms with Gasteiger partial charge in [-0.25, -0.2) is 26.8 Å². The number of hydrogen-bond acceptors (Lipinski definition) is 18. The van der Waals surface area contributed by atoms with Gasteiger partial charge in [-0.1, -0.05) is 0 Å². The third-order valence-electron chi connectivity index (χ3n) is 15.1. The first-order valence-electron chi connectivity index (χ1n) is 24.8. The van der Waals surface area contributed by atoms with Crippen LogP contribution in [0.3, 0.4) is 0 Å². The van der Waals surface area contributed by atoms with Gasteiger partial charge < -0.3 is 47.4 Å². The second-order valence-electron chi connectivity index (χ2n) is 22.3. The molecule has 7 heterocycles. The highest BCUT2D eigenvalue weighted by Crippen LogP contribution is 2.45. The average molecular weight is 1220 g/mol. The number of furan rings is 2. The molecule has 0 aliphatic carbocycles.